The number of rotatable bonds is 6. The lowest BCUT2D eigenvalue weighted by molar-refractivity contribution is -0.130. The molecule has 0 heterocycles. The summed E-state index contributed by atoms with van der Waals surface area (Å²) in [6.07, 6.45) is 3.95. The van der Waals surface area contributed by atoms with Gasteiger partial charge in [0.1, 0.15) is 11.6 Å². The molecule has 1 unspecified atom stereocenters. The van der Waals surface area contributed by atoms with Gasteiger partial charge in [-0.25, -0.2) is 0 Å². The lowest BCUT2D eigenvalue weighted by Gasteiger charge is -2.20. The first-order valence-corrected chi connectivity index (χ1v) is 7.79. The van der Waals surface area contributed by atoms with Crippen LogP contribution in [0.5, 0.6) is 0 Å². The zero-order valence-corrected chi connectivity index (χ0v) is 13.8. The molecule has 1 atom stereocenters. The minimum absolute atomic E-state index is 0.0973. The van der Waals surface area contributed by atoms with Gasteiger partial charge in [-0.2, -0.15) is 0 Å². The van der Waals surface area contributed by atoms with E-state index in [4.69, 9.17) is 0 Å². The van der Waals surface area contributed by atoms with Crippen LogP contribution in [0.4, 0.5) is 0 Å². The largest absolute Gasteiger partial charge is 0.299 e. The number of Topliss-reactive ketones (excluding diaryl/α,β-unsaturated/α-hetero) is 2. The van der Waals surface area contributed by atoms with Crippen molar-refractivity contribution in [1.29, 1.82) is 0 Å². The number of benzene rings is 2. The van der Waals surface area contributed by atoms with Gasteiger partial charge in [0.25, 0.3) is 0 Å². The fourth-order valence-electron chi connectivity index (χ4n) is 2.77. The summed E-state index contributed by atoms with van der Waals surface area (Å²) in [5.74, 6) is -1.08. The van der Waals surface area contributed by atoms with Gasteiger partial charge in [0, 0.05) is 5.92 Å². The van der Waals surface area contributed by atoms with Crippen molar-refractivity contribution >= 4 is 17.6 Å². The van der Waals surface area contributed by atoms with Gasteiger partial charge >= 0.3 is 0 Å². The Morgan fingerprint density at radius 3 is 1.96 bits per heavy atom. The number of hydrogen-bond donors (Lipinski definition) is 0. The predicted molar refractivity (Wildman–Crippen MR) is 94.2 cm³/mol. The molecule has 0 amide bonds. The molecule has 0 saturated carbocycles. The first-order chi connectivity index (χ1) is 11.0. The van der Waals surface area contributed by atoms with E-state index in [2.05, 4.69) is 0 Å². The van der Waals surface area contributed by atoms with Gasteiger partial charge in [-0.15, -0.1) is 0 Å². The number of aryl methyl sites for hydroxylation is 1. The first kappa shape index (κ1) is 16.9. The van der Waals surface area contributed by atoms with E-state index in [-0.39, 0.29) is 17.5 Å². The number of allylic oxidation sites excluding steroid dienone is 1. The molecule has 2 heteroatoms. The Bertz CT molecular complexity index is 682. The fourth-order valence-corrected chi connectivity index (χ4v) is 2.77. The van der Waals surface area contributed by atoms with Crippen LogP contribution in [0.1, 0.15) is 36.5 Å². The molecule has 0 aliphatic heterocycles. The molecule has 0 aliphatic carbocycles. The highest BCUT2D eigenvalue weighted by atomic mass is 16.1. The van der Waals surface area contributed by atoms with Crippen LogP contribution in [-0.4, -0.2) is 11.6 Å². The van der Waals surface area contributed by atoms with Crippen molar-refractivity contribution in [2.24, 2.45) is 5.92 Å². The Morgan fingerprint density at radius 2 is 1.43 bits per heavy atom. The molecule has 23 heavy (non-hydrogen) atoms. The van der Waals surface area contributed by atoms with E-state index in [9.17, 15) is 9.59 Å². The molecule has 0 spiro atoms. The zero-order valence-electron chi connectivity index (χ0n) is 13.8. The second kappa shape index (κ2) is 7.68. The van der Waals surface area contributed by atoms with Crippen LogP contribution in [0.15, 0.2) is 60.7 Å². The molecule has 118 valence electrons. The maximum atomic E-state index is 12.0. The topological polar surface area (TPSA) is 34.1 Å². The minimum atomic E-state index is -0.640. The maximum absolute atomic E-state index is 12.0. The van der Waals surface area contributed by atoms with Gasteiger partial charge in [-0.3, -0.25) is 9.59 Å². The normalized spacial score (nSPS) is 12.5. The van der Waals surface area contributed by atoms with Crippen LogP contribution < -0.4 is 0 Å². The molecule has 2 aromatic rings. The van der Waals surface area contributed by atoms with Gasteiger partial charge in [-0.1, -0.05) is 72.3 Å². The van der Waals surface area contributed by atoms with Crippen molar-refractivity contribution in [1.82, 2.24) is 0 Å². The average Bonchev–Trinajstić information content (AvgIpc) is 2.53. The molecule has 0 N–H and O–H groups in total. The van der Waals surface area contributed by atoms with Gasteiger partial charge in [0.2, 0.25) is 0 Å². The second-order valence-electron chi connectivity index (χ2n) is 5.91. The third kappa shape index (κ3) is 4.49. The zero-order chi connectivity index (χ0) is 16.8. The van der Waals surface area contributed by atoms with Crippen LogP contribution >= 0.6 is 0 Å². The quantitative estimate of drug-likeness (QED) is 0.732. The van der Waals surface area contributed by atoms with Crippen molar-refractivity contribution in [3.05, 3.63) is 77.4 Å². The average molecular weight is 306 g/mol. The molecule has 2 nitrogen and oxygen atoms in total. The number of carbonyl (C=O) groups is 2. The van der Waals surface area contributed by atoms with E-state index in [0.717, 1.165) is 11.1 Å². The van der Waals surface area contributed by atoms with E-state index >= 15 is 0 Å². The molecule has 0 bridgehead atoms. The first-order valence-electron chi connectivity index (χ1n) is 7.79. The SMILES string of the molecule is CC(=O)C(C(C)=O)C(/C=C/c1ccc(C)cc1)c1ccccc1. The minimum Gasteiger partial charge on any atom is -0.299 e. The molecule has 2 rings (SSSR count). The van der Waals surface area contributed by atoms with E-state index < -0.39 is 5.92 Å². The summed E-state index contributed by atoms with van der Waals surface area (Å²) in [4.78, 5) is 24.0. The molecule has 0 aliphatic rings. The van der Waals surface area contributed by atoms with Crippen molar-refractivity contribution in [2.75, 3.05) is 0 Å². The van der Waals surface area contributed by atoms with E-state index in [1.54, 1.807) is 0 Å². The lowest BCUT2D eigenvalue weighted by atomic mass is 9.81. The summed E-state index contributed by atoms with van der Waals surface area (Å²) in [7, 11) is 0. The molecule has 0 saturated heterocycles. The monoisotopic (exact) mass is 306 g/mol. The van der Waals surface area contributed by atoms with Crippen molar-refractivity contribution in [3.63, 3.8) is 0 Å². The highest BCUT2D eigenvalue weighted by Gasteiger charge is 2.28. The summed E-state index contributed by atoms with van der Waals surface area (Å²) < 4.78 is 0. The lowest BCUT2D eigenvalue weighted by Crippen LogP contribution is -2.26. The molecule has 0 radical (unpaired) electrons. The van der Waals surface area contributed by atoms with E-state index in [0.29, 0.717) is 0 Å². The molecule has 0 fully saturated rings. The standard InChI is InChI=1S/C21H22O2/c1-15-9-11-18(12-10-15)13-14-20(19-7-5-4-6-8-19)21(16(2)22)17(3)23/h4-14,20-21H,1-3H3/b14-13+. The Balaban J connectivity index is 2.39. The molecule has 0 aromatic heterocycles. The Kier molecular flexibility index (Phi) is 5.64. The smallest absolute Gasteiger partial charge is 0.141 e. The Morgan fingerprint density at radius 1 is 0.870 bits per heavy atom. The maximum Gasteiger partial charge on any atom is 0.141 e. The summed E-state index contributed by atoms with van der Waals surface area (Å²) in [6, 6.07) is 17.9. The van der Waals surface area contributed by atoms with Gasteiger partial charge in [-0.05, 0) is 31.9 Å². The molecular weight excluding hydrogens is 284 g/mol. The second-order valence-corrected chi connectivity index (χ2v) is 5.91. The van der Waals surface area contributed by atoms with Crippen LogP contribution in [0.2, 0.25) is 0 Å². The Labute approximate surface area is 137 Å². The van der Waals surface area contributed by atoms with Gasteiger partial charge in [0.15, 0.2) is 0 Å². The Hall–Kier alpha value is -2.48. The van der Waals surface area contributed by atoms with E-state index in [1.807, 2.05) is 73.7 Å². The third-order valence-corrected chi connectivity index (χ3v) is 3.99. The van der Waals surface area contributed by atoms with Crippen molar-refractivity contribution in [3.8, 4) is 0 Å². The highest BCUT2D eigenvalue weighted by Crippen LogP contribution is 2.29. The van der Waals surface area contributed by atoms with Crippen molar-refractivity contribution in [2.45, 2.75) is 26.7 Å². The summed E-state index contributed by atoms with van der Waals surface area (Å²) in [5, 5.41) is 0. The van der Waals surface area contributed by atoms with Crippen molar-refractivity contribution < 1.29 is 9.59 Å². The van der Waals surface area contributed by atoms with Crippen LogP contribution in [0.25, 0.3) is 6.08 Å². The van der Waals surface area contributed by atoms with Gasteiger partial charge in [0.05, 0.1) is 5.92 Å². The van der Waals surface area contributed by atoms with Gasteiger partial charge < -0.3 is 0 Å². The number of ketones is 2. The predicted octanol–water partition coefficient (Wildman–Crippen LogP) is 4.59. The summed E-state index contributed by atoms with van der Waals surface area (Å²) in [6.45, 7) is 5.02. The summed E-state index contributed by atoms with van der Waals surface area (Å²) >= 11 is 0. The molecule has 2 aromatic carbocycles. The number of hydrogen-bond acceptors (Lipinski definition) is 2. The number of carbonyl (C=O) groups excluding carboxylic acids is 2. The van der Waals surface area contributed by atoms with E-state index in [1.165, 1.54) is 19.4 Å². The van der Waals surface area contributed by atoms with Crippen LogP contribution in [0.3, 0.4) is 0 Å². The fraction of sp³-hybridized carbons (Fsp3) is 0.238. The van der Waals surface area contributed by atoms with Crippen LogP contribution in [-0.2, 0) is 9.59 Å². The highest BCUT2D eigenvalue weighted by molar-refractivity contribution is 6.01. The molecular formula is C21H22O2. The summed E-state index contributed by atoms with van der Waals surface area (Å²) in [5.41, 5.74) is 3.24. The van der Waals surface area contributed by atoms with Crippen LogP contribution in [0, 0.1) is 12.8 Å². The third-order valence-electron chi connectivity index (χ3n) is 3.99.